The van der Waals surface area contributed by atoms with Crippen LogP contribution in [-0.2, 0) is 14.8 Å². The molecule has 1 aliphatic carbocycles. The zero-order chi connectivity index (χ0) is 15.3. The van der Waals surface area contributed by atoms with Crippen molar-refractivity contribution in [2.45, 2.75) is 31.7 Å². The maximum atomic E-state index is 11.8. The van der Waals surface area contributed by atoms with Crippen LogP contribution in [0.15, 0.2) is 24.3 Å². The monoisotopic (exact) mass is 311 g/mol. The molecule has 1 aromatic rings. The highest BCUT2D eigenvalue weighted by atomic mass is 32.2. The number of anilines is 2. The highest BCUT2D eigenvalue weighted by Crippen LogP contribution is 2.17. The Balaban J connectivity index is 1.80. The molecule has 0 bridgehead atoms. The lowest BCUT2D eigenvalue weighted by molar-refractivity contribution is -0.115. The van der Waals surface area contributed by atoms with Gasteiger partial charge in [0.25, 0.3) is 0 Å². The van der Waals surface area contributed by atoms with Crippen LogP contribution in [0.5, 0.6) is 0 Å². The van der Waals surface area contributed by atoms with E-state index in [0.29, 0.717) is 24.0 Å². The summed E-state index contributed by atoms with van der Waals surface area (Å²) in [6, 6.07) is 7.02. The second-order valence-corrected chi connectivity index (χ2v) is 7.11. The van der Waals surface area contributed by atoms with Crippen LogP contribution in [0.4, 0.5) is 11.4 Å². The molecule has 1 saturated carbocycles. The largest absolute Gasteiger partial charge is 0.325 e. The molecule has 3 N–H and O–H groups in total. The van der Waals surface area contributed by atoms with E-state index in [1.165, 1.54) is 12.8 Å². The number of sulfonamides is 1. The van der Waals surface area contributed by atoms with Crippen molar-refractivity contribution in [3.05, 3.63) is 24.3 Å². The first-order valence-electron chi connectivity index (χ1n) is 7.03. The van der Waals surface area contributed by atoms with E-state index >= 15 is 0 Å². The summed E-state index contributed by atoms with van der Waals surface area (Å²) in [7, 11) is -3.28. The number of amides is 1. The smallest absolute Gasteiger partial charge is 0.238 e. The Bertz CT molecular complexity index is 578. The molecule has 0 saturated heterocycles. The number of benzene rings is 1. The first-order valence-corrected chi connectivity index (χ1v) is 8.92. The maximum Gasteiger partial charge on any atom is 0.238 e. The minimum atomic E-state index is -3.28. The van der Waals surface area contributed by atoms with E-state index in [4.69, 9.17) is 0 Å². The van der Waals surface area contributed by atoms with Crippen LogP contribution in [0, 0.1) is 0 Å². The molecule has 7 heteroatoms. The van der Waals surface area contributed by atoms with E-state index < -0.39 is 10.0 Å². The van der Waals surface area contributed by atoms with E-state index in [-0.39, 0.29) is 5.91 Å². The van der Waals surface area contributed by atoms with Gasteiger partial charge >= 0.3 is 0 Å². The van der Waals surface area contributed by atoms with E-state index in [1.807, 2.05) is 0 Å². The van der Waals surface area contributed by atoms with Crippen molar-refractivity contribution in [3.8, 4) is 0 Å². The average Bonchev–Trinajstić information content (AvgIpc) is 2.90. The summed E-state index contributed by atoms with van der Waals surface area (Å²) < 4.78 is 24.5. The van der Waals surface area contributed by atoms with Gasteiger partial charge in [-0.3, -0.25) is 9.52 Å². The van der Waals surface area contributed by atoms with Gasteiger partial charge in [0.1, 0.15) is 0 Å². The fourth-order valence-electron chi connectivity index (χ4n) is 2.41. The fraction of sp³-hybridized carbons (Fsp3) is 0.500. The maximum absolute atomic E-state index is 11.8. The fourth-order valence-corrected chi connectivity index (χ4v) is 2.97. The van der Waals surface area contributed by atoms with Crippen LogP contribution in [-0.4, -0.2) is 33.2 Å². The van der Waals surface area contributed by atoms with Gasteiger partial charge in [-0.05, 0) is 37.1 Å². The van der Waals surface area contributed by atoms with E-state index in [1.54, 1.807) is 24.3 Å². The summed E-state index contributed by atoms with van der Waals surface area (Å²) in [5.41, 5.74) is 1.12. The predicted octanol–water partition coefficient (Wildman–Crippen LogP) is 1.53. The third-order valence-electron chi connectivity index (χ3n) is 3.38. The number of nitrogens with one attached hydrogen (secondary N) is 3. The molecule has 116 valence electrons. The summed E-state index contributed by atoms with van der Waals surface area (Å²) in [6.45, 7) is 0.300. The summed E-state index contributed by atoms with van der Waals surface area (Å²) in [5, 5.41) is 6.02. The molecular formula is C14H21N3O3S. The first-order chi connectivity index (χ1) is 9.92. The minimum absolute atomic E-state index is 0.0919. The molecule has 0 atom stereocenters. The Hall–Kier alpha value is -1.60. The van der Waals surface area contributed by atoms with Crippen LogP contribution < -0.4 is 15.4 Å². The van der Waals surface area contributed by atoms with Gasteiger partial charge in [-0.1, -0.05) is 12.8 Å². The second kappa shape index (κ2) is 6.91. The van der Waals surface area contributed by atoms with Gasteiger partial charge < -0.3 is 10.6 Å². The predicted molar refractivity (Wildman–Crippen MR) is 83.8 cm³/mol. The van der Waals surface area contributed by atoms with Gasteiger partial charge in [0.15, 0.2) is 0 Å². The first kappa shape index (κ1) is 15.8. The molecule has 0 aromatic heterocycles. The van der Waals surface area contributed by atoms with Gasteiger partial charge in [0.2, 0.25) is 15.9 Å². The molecule has 0 radical (unpaired) electrons. The summed E-state index contributed by atoms with van der Waals surface area (Å²) in [6.07, 6.45) is 5.83. The zero-order valence-corrected chi connectivity index (χ0v) is 12.9. The van der Waals surface area contributed by atoms with Crippen molar-refractivity contribution in [3.63, 3.8) is 0 Å². The molecular weight excluding hydrogens is 290 g/mol. The lowest BCUT2D eigenvalue weighted by Crippen LogP contribution is -2.34. The van der Waals surface area contributed by atoms with Gasteiger partial charge in [0.05, 0.1) is 12.8 Å². The number of carbonyl (C=O) groups is 1. The van der Waals surface area contributed by atoms with Crippen LogP contribution in [0.25, 0.3) is 0 Å². The molecule has 2 rings (SSSR count). The molecule has 0 unspecified atom stereocenters. The lowest BCUT2D eigenvalue weighted by Gasteiger charge is -2.12. The van der Waals surface area contributed by atoms with Crippen LogP contribution in [0.1, 0.15) is 25.7 Å². The zero-order valence-electron chi connectivity index (χ0n) is 12.1. The van der Waals surface area contributed by atoms with E-state index in [0.717, 1.165) is 19.1 Å². The molecule has 0 aliphatic heterocycles. The van der Waals surface area contributed by atoms with E-state index in [9.17, 15) is 13.2 Å². The van der Waals surface area contributed by atoms with Crippen molar-refractivity contribution >= 4 is 27.3 Å². The van der Waals surface area contributed by atoms with Gasteiger partial charge in [-0.15, -0.1) is 0 Å². The summed E-state index contributed by atoms with van der Waals surface area (Å²) in [5.74, 6) is -0.0919. The normalized spacial score (nSPS) is 15.9. The molecule has 1 aromatic carbocycles. The van der Waals surface area contributed by atoms with Crippen molar-refractivity contribution in [2.75, 3.05) is 22.8 Å². The molecule has 1 aliphatic rings. The van der Waals surface area contributed by atoms with Crippen molar-refractivity contribution in [1.29, 1.82) is 0 Å². The molecule has 0 spiro atoms. The summed E-state index contributed by atoms with van der Waals surface area (Å²) >= 11 is 0. The molecule has 6 nitrogen and oxygen atoms in total. The number of hydrogen-bond acceptors (Lipinski definition) is 4. The molecule has 21 heavy (non-hydrogen) atoms. The third kappa shape index (κ3) is 5.73. The van der Waals surface area contributed by atoms with Crippen LogP contribution in [0.3, 0.4) is 0 Å². The number of carbonyl (C=O) groups excluding carboxylic acids is 1. The van der Waals surface area contributed by atoms with Crippen LogP contribution in [0.2, 0.25) is 0 Å². The Morgan fingerprint density at radius 3 is 2.29 bits per heavy atom. The van der Waals surface area contributed by atoms with E-state index in [2.05, 4.69) is 15.4 Å². The standard InChI is InChI=1S/C14H21N3O3S/c1-21(19,20)17-13-8-6-12(7-9-13)16-14(18)10-15-11-4-2-3-5-11/h6-9,11,15,17H,2-5,10H2,1H3,(H,16,18). The highest BCUT2D eigenvalue weighted by Gasteiger charge is 2.15. The number of rotatable bonds is 6. The third-order valence-corrected chi connectivity index (χ3v) is 3.98. The Morgan fingerprint density at radius 2 is 1.71 bits per heavy atom. The topological polar surface area (TPSA) is 87.3 Å². The van der Waals surface area contributed by atoms with Crippen molar-refractivity contribution in [2.24, 2.45) is 0 Å². The average molecular weight is 311 g/mol. The van der Waals surface area contributed by atoms with Gasteiger partial charge in [-0.25, -0.2) is 8.42 Å². The SMILES string of the molecule is CS(=O)(=O)Nc1ccc(NC(=O)CNC2CCCC2)cc1. The molecule has 1 fully saturated rings. The highest BCUT2D eigenvalue weighted by molar-refractivity contribution is 7.92. The Labute approximate surface area is 125 Å². The minimum Gasteiger partial charge on any atom is -0.325 e. The summed E-state index contributed by atoms with van der Waals surface area (Å²) in [4.78, 5) is 11.8. The van der Waals surface area contributed by atoms with Gasteiger partial charge in [0, 0.05) is 17.4 Å². The quantitative estimate of drug-likeness (QED) is 0.743. The van der Waals surface area contributed by atoms with Crippen LogP contribution >= 0.6 is 0 Å². The lowest BCUT2D eigenvalue weighted by atomic mass is 10.2. The van der Waals surface area contributed by atoms with Crippen molar-refractivity contribution in [1.82, 2.24) is 5.32 Å². The number of hydrogen-bond donors (Lipinski definition) is 3. The Morgan fingerprint density at radius 1 is 1.14 bits per heavy atom. The second-order valence-electron chi connectivity index (χ2n) is 5.36. The molecule has 1 amide bonds. The Kier molecular flexibility index (Phi) is 5.19. The van der Waals surface area contributed by atoms with Gasteiger partial charge in [-0.2, -0.15) is 0 Å². The van der Waals surface area contributed by atoms with Crippen molar-refractivity contribution < 1.29 is 13.2 Å². The molecule has 0 heterocycles.